The van der Waals surface area contributed by atoms with Crippen LogP contribution in [0.2, 0.25) is 5.02 Å². The number of carbonyl (C=O) groups excluding carboxylic acids is 2. The fourth-order valence-corrected chi connectivity index (χ4v) is 4.93. The van der Waals surface area contributed by atoms with Crippen molar-refractivity contribution in [3.8, 4) is 11.5 Å². The van der Waals surface area contributed by atoms with E-state index in [1.807, 2.05) is 37.6 Å². The van der Waals surface area contributed by atoms with Crippen LogP contribution < -0.4 is 9.47 Å². The van der Waals surface area contributed by atoms with Gasteiger partial charge in [0.25, 0.3) is 0 Å². The van der Waals surface area contributed by atoms with Crippen LogP contribution >= 0.6 is 11.6 Å². The molecule has 178 valence electrons. The van der Waals surface area contributed by atoms with Gasteiger partial charge in [-0.1, -0.05) is 11.6 Å². The van der Waals surface area contributed by atoms with Crippen molar-refractivity contribution in [3.63, 3.8) is 0 Å². The highest BCUT2D eigenvalue weighted by atomic mass is 35.5. The lowest BCUT2D eigenvalue weighted by atomic mass is 9.97. The molecule has 0 aliphatic carbocycles. The molecule has 0 radical (unpaired) electrons. The number of fused-ring (bicyclic) bond motifs is 1. The van der Waals surface area contributed by atoms with Crippen molar-refractivity contribution in [3.05, 3.63) is 80.6 Å². The molecule has 4 rings (SSSR count). The predicted octanol–water partition coefficient (Wildman–Crippen LogP) is 4.78. The lowest BCUT2D eigenvalue weighted by molar-refractivity contribution is 0.0920. The monoisotopic (exact) mass is 480 g/mol. The number of hydrogen-bond donors (Lipinski definition) is 0. The molecule has 6 nitrogen and oxygen atoms in total. The summed E-state index contributed by atoms with van der Waals surface area (Å²) in [6.07, 6.45) is 0.829. The van der Waals surface area contributed by atoms with Crippen LogP contribution in [-0.4, -0.2) is 48.3 Å². The Hall–Kier alpha value is -3.09. The van der Waals surface area contributed by atoms with Gasteiger partial charge in [0.2, 0.25) is 5.78 Å². The molecule has 2 aromatic carbocycles. The molecular formula is C27H29ClN2O4. The highest BCUT2D eigenvalue weighted by molar-refractivity contribution is 6.30. The third-order valence-electron chi connectivity index (χ3n) is 6.70. The molecule has 34 heavy (non-hydrogen) atoms. The summed E-state index contributed by atoms with van der Waals surface area (Å²) in [6, 6.07) is 10.8. The second-order valence-corrected chi connectivity index (χ2v) is 9.13. The van der Waals surface area contributed by atoms with Crippen LogP contribution in [0, 0.1) is 13.8 Å². The van der Waals surface area contributed by atoms with E-state index in [0.29, 0.717) is 39.7 Å². The van der Waals surface area contributed by atoms with E-state index < -0.39 is 0 Å². The summed E-state index contributed by atoms with van der Waals surface area (Å²) in [7, 11) is 5.09. The maximum Gasteiger partial charge on any atom is 0.209 e. The molecule has 3 aromatic rings. The zero-order chi connectivity index (χ0) is 24.6. The Kier molecular flexibility index (Phi) is 6.82. The Balaban J connectivity index is 1.57. The molecule has 1 aliphatic heterocycles. The van der Waals surface area contributed by atoms with E-state index in [9.17, 15) is 9.59 Å². The van der Waals surface area contributed by atoms with Gasteiger partial charge in [-0.25, -0.2) is 0 Å². The van der Waals surface area contributed by atoms with Crippen molar-refractivity contribution in [1.29, 1.82) is 0 Å². The number of rotatable bonds is 7. The van der Waals surface area contributed by atoms with Crippen molar-refractivity contribution in [2.75, 3.05) is 27.3 Å². The Morgan fingerprint density at radius 3 is 2.24 bits per heavy atom. The van der Waals surface area contributed by atoms with E-state index in [4.69, 9.17) is 21.1 Å². The van der Waals surface area contributed by atoms with Gasteiger partial charge in [0.1, 0.15) is 0 Å². The molecule has 0 unspecified atom stereocenters. The van der Waals surface area contributed by atoms with E-state index in [1.165, 1.54) is 5.56 Å². The summed E-state index contributed by atoms with van der Waals surface area (Å²) in [5.74, 6) is 1.31. The molecule has 0 N–H and O–H groups in total. The van der Waals surface area contributed by atoms with E-state index in [2.05, 4.69) is 4.90 Å². The van der Waals surface area contributed by atoms with Gasteiger partial charge in [-0.2, -0.15) is 0 Å². The van der Waals surface area contributed by atoms with E-state index in [0.717, 1.165) is 30.0 Å². The van der Waals surface area contributed by atoms with Crippen molar-refractivity contribution in [1.82, 2.24) is 9.47 Å². The number of ether oxygens (including phenoxy) is 2. The minimum Gasteiger partial charge on any atom is -0.493 e. The van der Waals surface area contributed by atoms with Crippen molar-refractivity contribution in [2.24, 2.45) is 7.05 Å². The van der Waals surface area contributed by atoms with Crippen molar-refractivity contribution < 1.29 is 19.1 Å². The molecule has 7 heteroatoms. The van der Waals surface area contributed by atoms with Gasteiger partial charge in [-0.15, -0.1) is 0 Å². The van der Waals surface area contributed by atoms with Crippen LogP contribution in [0.15, 0.2) is 36.4 Å². The Morgan fingerprint density at radius 2 is 1.62 bits per heavy atom. The third-order valence-corrected chi connectivity index (χ3v) is 6.95. The second-order valence-electron chi connectivity index (χ2n) is 8.69. The number of benzene rings is 2. The molecule has 1 aromatic heterocycles. The number of halogens is 1. The van der Waals surface area contributed by atoms with Crippen LogP contribution in [0.3, 0.4) is 0 Å². The van der Waals surface area contributed by atoms with Gasteiger partial charge in [-0.05, 0) is 73.4 Å². The summed E-state index contributed by atoms with van der Waals surface area (Å²) in [6.45, 7) is 5.46. The zero-order valence-corrected chi connectivity index (χ0v) is 21.0. The van der Waals surface area contributed by atoms with Gasteiger partial charge in [0.05, 0.1) is 26.5 Å². The molecule has 0 atom stereocenters. The molecule has 0 amide bonds. The first-order valence-electron chi connectivity index (χ1n) is 11.2. The van der Waals surface area contributed by atoms with Crippen molar-refractivity contribution in [2.45, 2.75) is 26.8 Å². The van der Waals surface area contributed by atoms with Crippen LogP contribution in [0.25, 0.3) is 0 Å². The number of hydrogen-bond acceptors (Lipinski definition) is 5. The summed E-state index contributed by atoms with van der Waals surface area (Å²) < 4.78 is 12.7. The Bertz CT molecular complexity index is 1260. The smallest absolute Gasteiger partial charge is 0.209 e. The standard InChI is InChI=1S/C27H29ClN2O4/c1-16-25(17(2)29(3)26(16)27(32)18-6-8-21(28)9-7-18)22(31)15-30-11-10-19-12-23(33-4)24(34-5)13-20(19)14-30/h6-9,12-13H,10-11,14-15H2,1-5H3. The summed E-state index contributed by atoms with van der Waals surface area (Å²) >= 11 is 5.97. The minimum atomic E-state index is -0.119. The van der Waals surface area contributed by atoms with Crippen LogP contribution in [-0.2, 0) is 20.0 Å². The quantitative estimate of drug-likeness (QED) is 0.455. The van der Waals surface area contributed by atoms with E-state index >= 15 is 0 Å². The molecule has 0 fully saturated rings. The summed E-state index contributed by atoms with van der Waals surface area (Å²) in [5.41, 5.74) is 5.56. The SMILES string of the molecule is COc1cc2c(cc1OC)CN(CC(=O)c1c(C)c(C(=O)c3ccc(Cl)cc3)n(C)c1C)CC2. The van der Waals surface area contributed by atoms with Crippen molar-refractivity contribution >= 4 is 23.2 Å². The molecular weight excluding hydrogens is 452 g/mol. The molecule has 0 saturated heterocycles. The van der Waals surface area contributed by atoms with E-state index in [-0.39, 0.29) is 18.1 Å². The Labute approximate surface area is 205 Å². The minimum absolute atomic E-state index is 0.0182. The number of Topliss-reactive ketones (excluding diaryl/α,β-unsaturated/α-hetero) is 1. The second kappa shape index (κ2) is 9.65. The Morgan fingerprint density at radius 1 is 1.00 bits per heavy atom. The topological polar surface area (TPSA) is 60.8 Å². The lowest BCUT2D eigenvalue weighted by Crippen LogP contribution is -2.35. The summed E-state index contributed by atoms with van der Waals surface area (Å²) in [5, 5.41) is 0.575. The number of ketones is 2. The first kappa shape index (κ1) is 24.0. The van der Waals surface area contributed by atoms with Gasteiger partial charge < -0.3 is 14.0 Å². The molecule has 2 heterocycles. The van der Waals surface area contributed by atoms with Gasteiger partial charge in [0, 0.05) is 42.0 Å². The van der Waals surface area contributed by atoms with Crippen LogP contribution in [0.5, 0.6) is 11.5 Å². The third kappa shape index (κ3) is 4.36. The number of aromatic nitrogens is 1. The van der Waals surface area contributed by atoms with E-state index in [1.54, 1.807) is 38.5 Å². The van der Waals surface area contributed by atoms with Gasteiger partial charge in [-0.3, -0.25) is 14.5 Å². The number of carbonyl (C=O) groups is 2. The average Bonchev–Trinajstić information content (AvgIpc) is 3.05. The fourth-order valence-electron chi connectivity index (χ4n) is 4.81. The van der Waals surface area contributed by atoms with Gasteiger partial charge in [0.15, 0.2) is 17.3 Å². The molecule has 0 saturated carbocycles. The van der Waals surface area contributed by atoms with Gasteiger partial charge >= 0.3 is 0 Å². The molecule has 0 spiro atoms. The summed E-state index contributed by atoms with van der Waals surface area (Å²) in [4.78, 5) is 28.8. The maximum atomic E-state index is 13.4. The number of nitrogens with zero attached hydrogens (tertiary/aromatic N) is 2. The predicted molar refractivity (Wildman–Crippen MR) is 133 cm³/mol. The highest BCUT2D eigenvalue weighted by Gasteiger charge is 2.28. The van der Waals surface area contributed by atoms with Crippen LogP contribution in [0.4, 0.5) is 0 Å². The van der Waals surface area contributed by atoms with Crippen LogP contribution in [0.1, 0.15) is 48.8 Å². The number of methoxy groups -OCH3 is 2. The average molecular weight is 481 g/mol. The molecule has 1 aliphatic rings. The maximum absolute atomic E-state index is 13.4. The lowest BCUT2D eigenvalue weighted by Gasteiger charge is -2.29. The fraction of sp³-hybridized carbons (Fsp3) is 0.333. The first-order valence-corrected chi connectivity index (χ1v) is 11.6. The first-order chi connectivity index (χ1) is 16.2. The normalized spacial score (nSPS) is 13.5. The largest absolute Gasteiger partial charge is 0.493 e. The zero-order valence-electron chi connectivity index (χ0n) is 20.2. The molecule has 0 bridgehead atoms. The highest BCUT2D eigenvalue weighted by Crippen LogP contribution is 2.33.